The van der Waals surface area contributed by atoms with Crippen LogP contribution in [0.3, 0.4) is 0 Å². The number of carbonyl (C=O) groups excluding carboxylic acids is 2. The molecule has 1 aromatic carbocycles. The molecule has 1 atom stereocenters. The number of thioether (sulfide) groups is 1. The highest BCUT2D eigenvalue weighted by Crippen LogP contribution is 2.25. The second kappa shape index (κ2) is 7.73. The van der Waals surface area contributed by atoms with Crippen LogP contribution in [0.25, 0.3) is 0 Å². The summed E-state index contributed by atoms with van der Waals surface area (Å²) in [6.07, 6.45) is 0.531. The third-order valence-electron chi connectivity index (χ3n) is 3.64. The van der Waals surface area contributed by atoms with Crippen molar-refractivity contribution in [1.29, 1.82) is 0 Å². The number of aryl methyl sites for hydroxylation is 1. The van der Waals surface area contributed by atoms with Gasteiger partial charge >= 0.3 is 0 Å². The van der Waals surface area contributed by atoms with E-state index >= 15 is 0 Å². The molecular weight excluding hydrogens is 312 g/mol. The molecule has 1 N–H and O–H groups in total. The normalized spacial score (nSPS) is 17.4. The van der Waals surface area contributed by atoms with Crippen LogP contribution < -0.4 is 10.1 Å². The zero-order chi connectivity index (χ0) is 17.0. The van der Waals surface area contributed by atoms with E-state index in [9.17, 15) is 9.59 Å². The summed E-state index contributed by atoms with van der Waals surface area (Å²) >= 11 is 1.61. The lowest BCUT2D eigenvalue weighted by Gasteiger charge is -2.23. The van der Waals surface area contributed by atoms with E-state index in [0.29, 0.717) is 18.1 Å². The van der Waals surface area contributed by atoms with Gasteiger partial charge in [-0.2, -0.15) is 0 Å². The van der Waals surface area contributed by atoms with Crippen molar-refractivity contribution in [2.24, 2.45) is 0 Å². The van der Waals surface area contributed by atoms with Gasteiger partial charge < -0.3 is 15.0 Å². The maximum Gasteiger partial charge on any atom is 0.248 e. The standard InChI is InChI=1S/C17H24N2O3S/c1-5-16(20)19-10-23-9-15(19)17(21)18-14-7-6-13(8-12(14)4)22-11(2)3/h6-8,11,15H,5,9-10H2,1-4H3,(H,18,21)/t15-/m1/s1. The highest BCUT2D eigenvalue weighted by Gasteiger charge is 2.33. The molecule has 0 bridgehead atoms. The van der Waals surface area contributed by atoms with Crippen LogP contribution in [0.1, 0.15) is 32.8 Å². The van der Waals surface area contributed by atoms with E-state index in [1.807, 2.05) is 45.9 Å². The quantitative estimate of drug-likeness (QED) is 0.898. The molecule has 0 radical (unpaired) electrons. The van der Waals surface area contributed by atoms with Crippen LogP contribution in [-0.4, -0.2) is 40.5 Å². The van der Waals surface area contributed by atoms with Gasteiger partial charge in [-0.05, 0) is 44.5 Å². The molecule has 6 heteroatoms. The number of ether oxygens (including phenoxy) is 1. The fraction of sp³-hybridized carbons (Fsp3) is 0.529. The number of nitrogens with zero attached hydrogens (tertiary/aromatic N) is 1. The van der Waals surface area contributed by atoms with Crippen LogP contribution in [0.5, 0.6) is 5.75 Å². The topological polar surface area (TPSA) is 58.6 Å². The SMILES string of the molecule is CCC(=O)N1CSC[C@@H]1C(=O)Nc1ccc(OC(C)C)cc1C. The fourth-order valence-electron chi connectivity index (χ4n) is 2.45. The lowest BCUT2D eigenvalue weighted by atomic mass is 10.1. The number of hydrogen-bond acceptors (Lipinski definition) is 4. The van der Waals surface area contributed by atoms with Gasteiger partial charge in [-0.15, -0.1) is 11.8 Å². The highest BCUT2D eigenvalue weighted by molar-refractivity contribution is 7.99. The van der Waals surface area contributed by atoms with E-state index in [1.54, 1.807) is 16.7 Å². The van der Waals surface area contributed by atoms with Gasteiger partial charge in [0.05, 0.1) is 12.0 Å². The Labute approximate surface area is 141 Å². The fourth-order valence-corrected chi connectivity index (χ4v) is 3.63. The van der Waals surface area contributed by atoms with Crippen molar-refractivity contribution >= 4 is 29.3 Å². The monoisotopic (exact) mass is 336 g/mol. The summed E-state index contributed by atoms with van der Waals surface area (Å²) in [5.74, 6) is 1.91. The van der Waals surface area contributed by atoms with E-state index in [-0.39, 0.29) is 17.9 Å². The Balaban J connectivity index is 2.06. The molecule has 0 spiro atoms. The summed E-state index contributed by atoms with van der Waals surface area (Å²) in [6, 6.07) is 5.21. The predicted molar refractivity (Wildman–Crippen MR) is 93.8 cm³/mol. The number of amides is 2. The Morgan fingerprint density at radius 3 is 2.78 bits per heavy atom. The summed E-state index contributed by atoms with van der Waals surface area (Å²) < 4.78 is 5.65. The van der Waals surface area contributed by atoms with E-state index in [1.165, 1.54) is 0 Å². The summed E-state index contributed by atoms with van der Waals surface area (Å²) in [7, 11) is 0. The van der Waals surface area contributed by atoms with Gasteiger partial charge in [-0.3, -0.25) is 9.59 Å². The summed E-state index contributed by atoms with van der Waals surface area (Å²) in [5, 5.41) is 2.94. The van der Waals surface area contributed by atoms with Crippen molar-refractivity contribution in [3.05, 3.63) is 23.8 Å². The van der Waals surface area contributed by atoms with E-state index in [4.69, 9.17) is 4.74 Å². The van der Waals surface area contributed by atoms with Crippen molar-refractivity contribution in [1.82, 2.24) is 4.90 Å². The molecule has 2 amide bonds. The summed E-state index contributed by atoms with van der Waals surface area (Å²) in [4.78, 5) is 26.1. The second-order valence-corrected chi connectivity index (χ2v) is 6.87. The van der Waals surface area contributed by atoms with E-state index in [0.717, 1.165) is 17.0 Å². The average molecular weight is 336 g/mol. The maximum absolute atomic E-state index is 12.5. The molecule has 5 nitrogen and oxygen atoms in total. The first-order valence-electron chi connectivity index (χ1n) is 7.87. The van der Waals surface area contributed by atoms with Gasteiger partial charge in [0.2, 0.25) is 11.8 Å². The first-order chi connectivity index (χ1) is 10.9. The van der Waals surface area contributed by atoms with Gasteiger partial charge in [-0.1, -0.05) is 6.92 Å². The molecule has 1 aromatic rings. The Morgan fingerprint density at radius 1 is 1.43 bits per heavy atom. The number of nitrogens with one attached hydrogen (secondary N) is 1. The minimum Gasteiger partial charge on any atom is -0.491 e. The van der Waals surface area contributed by atoms with Gasteiger partial charge in [0.1, 0.15) is 11.8 Å². The Morgan fingerprint density at radius 2 is 2.17 bits per heavy atom. The lowest BCUT2D eigenvalue weighted by Crippen LogP contribution is -2.44. The molecular formula is C17H24N2O3S. The van der Waals surface area contributed by atoms with Crippen LogP contribution in [0, 0.1) is 6.92 Å². The zero-order valence-electron chi connectivity index (χ0n) is 14.1. The molecule has 1 aliphatic rings. The van der Waals surface area contributed by atoms with Crippen LogP contribution in [0.4, 0.5) is 5.69 Å². The average Bonchev–Trinajstić information content (AvgIpc) is 2.98. The third kappa shape index (κ3) is 4.41. The summed E-state index contributed by atoms with van der Waals surface area (Å²) in [6.45, 7) is 7.70. The van der Waals surface area contributed by atoms with E-state index in [2.05, 4.69) is 5.32 Å². The lowest BCUT2D eigenvalue weighted by molar-refractivity contribution is -0.135. The van der Waals surface area contributed by atoms with Crippen LogP contribution >= 0.6 is 11.8 Å². The molecule has 2 rings (SSSR count). The van der Waals surface area contributed by atoms with Gasteiger partial charge in [0.15, 0.2) is 0 Å². The third-order valence-corrected chi connectivity index (χ3v) is 4.65. The highest BCUT2D eigenvalue weighted by atomic mass is 32.2. The van der Waals surface area contributed by atoms with Crippen LogP contribution in [0.2, 0.25) is 0 Å². The van der Waals surface area contributed by atoms with Gasteiger partial charge in [0, 0.05) is 17.9 Å². The number of anilines is 1. The number of benzene rings is 1. The molecule has 1 heterocycles. The van der Waals surface area contributed by atoms with Gasteiger partial charge in [-0.25, -0.2) is 0 Å². The Bertz CT molecular complexity index is 589. The zero-order valence-corrected chi connectivity index (χ0v) is 14.9. The largest absolute Gasteiger partial charge is 0.491 e. The Hall–Kier alpha value is -1.69. The molecule has 1 fully saturated rings. The Kier molecular flexibility index (Phi) is 5.93. The van der Waals surface area contributed by atoms with Crippen molar-refractivity contribution in [2.45, 2.75) is 46.3 Å². The molecule has 0 unspecified atom stereocenters. The minimum atomic E-state index is -0.390. The summed E-state index contributed by atoms with van der Waals surface area (Å²) in [5.41, 5.74) is 1.70. The molecule has 0 aromatic heterocycles. The first-order valence-corrected chi connectivity index (χ1v) is 9.03. The van der Waals surface area contributed by atoms with Crippen LogP contribution in [-0.2, 0) is 9.59 Å². The number of hydrogen-bond donors (Lipinski definition) is 1. The molecule has 126 valence electrons. The molecule has 0 saturated carbocycles. The molecule has 0 aliphatic carbocycles. The number of rotatable bonds is 5. The van der Waals surface area contributed by atoms with Crippen molar-refractivity contribution in [2.75, 3.05) is 16.9 Å². The van der Waals surface area contributed by atoms with Crippen LogP contribution in [0.15, 0.2) is 18.2 Å². The molecule has 23 heavy (non-hydrogen) atoms. The molecule has 1 saturated heterocycles. The smallest absolute Gasteiger partial charge is 0.248 e. The van der Waals surface area contributed by atoms with Crippen molar-refractivity contribution in [3.8, 4) is 5.75 Å². The first kappa shape index (κ1) is 17.7. The van der Waals surface area contributed by atoms with Crippen molar-refractivity contribution in [3.63, 3.8) is 0 Å². The second-order valence-electron chi connectivity index (χ2n) is 5.87. The minimum absolute atomic E-state index is 0.0209. The number of carbonyl (C=O) groups is 2. The van der Waals surface area contributed by atoms with E-state index < -0.39 is 6.04 Å². The predicted octanol–water partition coefficient (Wildman–Crippen LogP) is 3.03. The molecule has 1 aliphatic heterocycles. The van der Waals surface area contributed by atoms with Crippen molar-refractivity contribution < 1.29 is 14.3 Å². The maximum atomic E-state index is 12.5. The van der Waals surface area contributed by atoms with Gasteiger partial charge in [0.25, 0.3) is 0 Å².